The number of carbonyl (C=O) groups excluding carboxylic acids is 1. The van der Waals surface area contributed by atoms with Gasteiger partial charge >= 0.3 is 0 Å². The van der Waals surface area contributed by atoms with Gasteiger partial charge in [0.25, 0.3) is 0 Å². The van der Waals surface area contributed by atoms with E-state index in [4.69, 9.17) is 15.7 Å². The molecule has 1 aliphatic heterocycles. The number of amides is 1. The molecule has 41 heavy (non-hydrogen) atoms. The predicted molar refractivity (Wildman–Crippen MR) is 165 cm³/mol. The summed E-state index contributed by atoms with van der Waals surface area (Å²) in [7, 11) is 1.50. The van der Waals surface area contributed by atoms with Gasteiger partial charge in [-0.2, -0.15) is 0 Å². The van der Waals surface area contributed by atoms with E-state index < -0.39 is 0 Å². The fraction of sp³-hybridized carbons (Fsp3) is 0.312. The van der Waals surface area contributed by atoms with E-state index in [9.17, 15) is 4.79 Å². The third-order valence-electron chi connectivity index (χ3n) is 7.66. The monoisotopic (exact) mass is 550 g/mol. The van der Waals surface area contributed by atoms with Gasteiger partial charge in [-0.15, -0.1) is 0 Å². The van der Waals surface area contributed by atoms with E-state index >= 15 is 0 Å². The Kier molecular flexibility index (Phi) is 8.86. The van der Waals surface area contributed by atoms with Gasteiger partial charge in [-0.1, -0.05) is 24.8 Å². The smallest absolute Gasteiger partial charge is 0.246 e. The molecular formula is C32H38N8O. The van der Waals surface area contributed by atoms with Crippen LogP contribution in [0.1, 0.15) is 36.9 Å². The van der Waals surface area contributed by atoms with Crippen LogP contribution in [-0.2, 0) is 11.3 Å². The van der Waals surface area contributed by atoms with Crippen molar-refractivity contribution in [3.8, 4) is 17.1 Å². The summed E-state index contributed by atoms with van der Waals surface area (Å²) in [5, 5.41) is 0. The lowest BCUT2D eigenvalue weighted by atomic mass is 9.97. The highest BCUT2D eigenvalue weighted by atomic mass is 16.2. The molecule has 3 aromatic heterocycles. The number of anilines is 1. The summed E-state index contributed by atoms with van der Waals surface area (Å²) in [6.07, 6.45) is 10.0. The molecule has 1 amide bonds. The van der Waals surface area contributed by atoms with Gasteiger partial charge in [0.05, 0.1) is 11.3 Å². The minimum atomic E-state index is 0.00756. The molecule has 4 heterocycles. The number of imidazole rings is 1. The van der Waals surface area contributed by atoms with Gasteiger partial charge in [0, 0.05) is 44.6 Å². The quantitative estimate of drug-likeness (QED) is 0.341. The molecule has 2 aliphatic rings. The van der Waals surface area contributed by atoms with Crippen LogP contribution in [0.2, 0.25) is 0 Å². The molecule has 212 valence electrons. The Morgan fingerprint density at radius 2 is 1.78 bits per heavy atom. The van der Waals surface area contributed by atoms with E-state index in [0.29, 0.717) is 5.82 Å². The lowest BCUT2D eigenvalue weighted by molar-refractivity contribution is -0.127. The van der Waals surface area contributed by atoms with Crippen molar-refractivity contribution in [2.75, 3.05) is 39.0 Å². The Morgan fingerprint density at radius 1 is 1.00 bits per heavy atom. The first kappa shape index (κ1) is 28.2. The van der Waals surface area contributed by atoms with Crippen molar-refractivity contribution >= 4 is 28.5 Å². The van der Waals surface area contributed by atoms with Crippen molar-refractivity contribution in [2.24, 2.45) is 5.73 Å². The Morgan fingerprint density at radius 3 is 2.46 bits per heavy atom. The van der Waals surface area contributed by atoms with Crippen LogP contribution in [0.3, 0.4) is 0 Å². The number of benzene rings is 1. The van der Waals surface area contributed by atoms with Gasteiger partial charge in [-0.05, 0) is 86.3 Å². The second-order valence-corrected chi connectivity index (χ2v) is 10.2. The summed E-state index contributed by atoms with van der Waals surface area (Å²) >= 11 is 0. The molecule has 1 aliphatic carbocycles. The van der Waals surface area contributed by atoms with Crippen molar-refractivity contribution in [3.05, 3.63) is 84.7 Å². The van der Waals surface area contributed by atoms with Crippen LogP contribution >= 0.6 is 0 Å². The molecule has 1 saturated heterocycles. The van der Waals surface area contributed by atoms with Crippen LogP contribution in [0.5, 0.6) is 0 Å². The zero-order valence-electron chi connectivity index (χ0n) is 23.7. The number of allylic oxidation sites excluding steroid dienone is 2. The fourth-order valence-electron chi connectivity index (χ4n) is 5.50. The zero-order valence-corrected chi connectivity index (χ0v) is 23.7. The second-order valence-electron chi connectivity index (χ2n) is 10.2. The van der Waals surface area contributed by atoms with Crippen LogP contribution in [0, 0.1) is 0 Å². The summed E-state index contributed by atoms with van der Waals surface area (Å²) in [4.78, 5) is 30.5. The first-order valence-electron chi connectivity index (χ1n) is 14.2. The maximum atomic E-state index is 11.9. The van der Waals surface area contributed by atoms with E-state index in [2.05, 4.69) is 69.2 Å². The molecule has 1 aromatic carbocycles. The van der Waals surface area contributed by atoms with E-state index in [0.717, 1.165) is 79.5 Å². The molecule has 1 fully saturated rings. The molecule has 4 N–H and O–H groups in total. The van der Waals surface area contributed by atoms with Gasteiger partial charge in [0.1, 0.15) is 11.3 Å². The van der Waals surface area contributed by atoms with Crippen LogP contribution in [0.4, 0.5) is 5.82 Å². The summed E-state index contributed by atoms with van der Waals surface area (Å²) in [6, 6.07) is 16.5. The third kappa shape index (κ3) is 6.06. The number of rotatable bonds is 6. The molecule has 0 spiro atoms. The van der Waals surface area contributed by atoms with Crippen molar-refractivity contribution in [2.45, 2.75) is 32.2 Å². The van der Waals surface area contributed by atoms with E-state index in [1.54, 1.807) is 6.20 Å². The molecule has 0 bridgehead atoms. The summed E-state index contributed by atoms with van der Waals surface area (Å²) in [5.41, 5.74) is 17.7. The van der Waals surface area contributed by atoms with Gasteiger partial charge < -0.3 is 16.4 Å². The molecular weight excluding hydrogens is 512 g/mol. The lowest BCUT2D eigenvalue weighted by Crippen LogP contribution is -2.47. The number of nitrogens with zero attached hydrogens (tertiary/aromatic N) is 6. The second kappa shape index (κ2) is 12.9. The average molecular weight is 551 g/mol. The number of aromatic nitrogens is 4. The van der Waals surface area contributed by atoms with Gasteiger partial charge in [-0.3, -0.25) is 14.3 Å². The largest absolute Gasteiger partial charge is 0.383 e. The number of nitrogen functional groups attached to an aromatic ring is 1. The minimum Gasteiger partial charge on any atom is -0.383 e. The Bertz CT molecular complexity index is 1550. The molecule has 0 atom stereocenters. The van der Waals surface area contributed by atoms with Gasteiger partial charge in [-0.25, -0.2) is 15.0 Å². The number of carbonyl (C=O) groups is 1. The number of nitrogens with two attached hydrogens (primary N) is 2. The maximum absolute atomic E-state index is 11.9. The van der Waals surface area contributed by atoms with Crippen LogP contribution in [-0.4, -0.2) is 68.5 Å². The Hall–Kier alpha value is -4.34. The van der Waals surface area contributed by atoms with E-state index in [1.807, 2.05) is 17.0 Å². The summed E-state index contributed by atoms with van der Waals surface area (Å²) in [6.45, 7) is 7.58. The van der Waals surface area contributed by atoms with Gasteiger partial charge in [0.2, 0.25) is 5.91 Å². The van der Waals surface area contributed by atoms with Gasteiger partial charge in [0.15, 0.2) is 11.5 Å². The van der Waals surface area contributed by atoms with Crippen molar-refractivity contribution < 1.29 is 4.79 Å². The zero-order chi connectivity index (χ0) is 28.8. The molecule has 0 saturated carbocycles. The highest BCUT2D eigenvalue weighted by molar-refractivity contribution is 5.87. The van der Waals surface area contributed by atoms with Crippen LogP contribution < -0.4 is 11.5 Å². The maximum Gasteiger partial charge on any atom is 0.246 e. The molecule has 6 rings (SSSR count). The average Bonchev–Trinajstić information content (AvgIpc) is 3.41. The number of hydrogen-bond acceptors (Lipinski definition) is 7. The Balaban J connectivity index is 0.00000165. The number of piperazine rings is 1. The highest BCUT2D eigenvalue weighted by Gasteiger charge is 2.21. The van der Waals surface area contributed by atoms with Crippen LogP contribution in [0.25, 0.3) is 33.8 Å². The van der Waals surface area contributed by atoms with E-state index in [1.165, 1.54) is 37.1 Å². The SMILES string of the molecule is C=CC(=O)N1CCN(Cc2ccc(-n3c(-c4cccnc4N)nc4ccc(C5=CCCCC5)nc43)cc2)CC1.CN. The molecule has 0 unspecified atom stereocenters. The van der Waals surface area contributed by atoms with Crippen molar-refractivity contribution in [3.63, 3.8) is 0 Å². The standard InChI is InChI=1S/C31H33N7O.CH5N/c1-2-28(39)37-19-17-36(18-20-37)21-22-10-12-24(13-11-22)38-30(25-9-6-16-33-29(25)32)35-27-15-14-26(34-31(27)38)23-7-4-3-5-8-23;1-2/h2,6-7,9-16H,1,3-5,8,17-21H2,(H2,32,33);2H2,1H3. The third-order valence-corrected chi connectivity index (χ3v) is 7.66. The first-order valence-corrected chi connectivity index (χ1v) is 14.2. The fourth-order valence-corrected chi connectivity index (χ4v) is 5.50. The van der Waals surface area contributed by atoms with Crippen molar-refractivity contribution in [1.29, 1.82) is 0 Å². The predicted octanol–water partition coefficient (Wildman–Crippen LogP) is 4.43. The topological polar surface area (TPSA) is 119 Å². The van der Waals surface area contributed by atoms with Crippen LogP contribution in [0.15, 0.2) is 73.5 Å². The Labute approximate surface area is 241 Å². The molecule has 4 aromatic rings. The number of fused-ring (bicyclic) bond motifs is 1. The molecule has 0 radical (unpaired) electrons. The van der Waals surface area contributed by atoms with Crippen molar-refractivity contribution in [1.82, 2.24) is 29.3 Å². The summed E-state index contributed by atoms with van der Waals surface area (Å²) < 4.78 is 2.10. The lowest BCUT2D eigenvalue weighted by Gasteiger charge is -2.34. The summed E-state index contributed by atoms with van der Waals surface area (Å²) in [5.74, 6) is 1.18. The number of hydrogen-bond donors (Lipinski definition) is 2. The molecule has 9 nitrogen and oxygen atoms in total. The molecule has 9 heteroatoms. The number of pyridine rings is 2. The van der Waals surface area contributed by atoms with E-state index in [-0.39, 0.29) is 5.91 Å². The first-order chi connectivity index (χ1) is 20.1. The normalized spacial score (nSPS) is 15.7. The highest BCUT2D eigenvalue weighted by Crippen LogP contribution is 2.32. The minimum absolute atomic E-state index is 0.00756.